The standard InChI is InChI=1S/C16H30F2N2O2/c1-15(2,3)22-14(21)20-12-16(17,18)11-19-10-13-8-6-4-5-7-9-13/h13,19H,4-12H2,1-3H3,(H,20,21). The van der Waals surface area contributed by atoms with Gasteiger partial charge >= 0.3 is 6.09 Å². The van der Waals surface area contributed by atoms with Gasteiger partial charge in [-0.1, -0.05) is 25.7 Å². The summed E-state index contributed by atoms with van der Waals surface area (Å²) in [6.07, 6.45) is 6.34. The number of amides is 1. The SMILES string of the molecule is CC(C)(C)OC(=O)NCC(F)(F)CNCC1CCCCCC1. The number of halogens is 2. The van der Waals surface area contributed by atoms with Gasteiger partial charge in [0.05, 0.1) is 13.1 Å². The molecule has 1 saturated carbocycles. The Bertz CT molecular complexity index is 336. The first-order valence-electron chi connectivity index (χ1n) is 8.23. The van der Waals surface area contributed by atoms with Crippen LogP contribution in [0.15, 0.2) is 0 Å². The molecule has 0 unspecified atom stereocenters. The van der Waals surface area contributed by atoms with Crippen LogP contribution in [-0.4, -0.2) is 37.3 Å². The number of carbonyl (C=O) groups excluding carboxylic acids is 1. The molecule has 0 radical (unpaired) electrons. The van der Waals surface area contributed by atoms with E-state index in [0.29, 0.717) is 12.5 Å². The predicted octanol–water partition coefficient (Wildman–Crippen LogP) is 3.71. The first kappa shape index (κ1) is 19.1. The first-order valence-corrected chi connectivity index (χ1v) is 8.23. The van der Waals surface area contributed by atoms with Gasteiger partial charge in [-0.2, -0.15) is 0 Å². The molecule has 0 aliphatic heterocycles. The molecule has 0 bridgehead atoms. The number of hydrogen-bond donors (Lipinski definition) is 2. The van der Waals surface area contributed by atoms with E-state index >= 15 is 0 Å². The van der Waals surface area contributed by atoms with E-state index in [4.69, 9.17) is 4.74 Å². The number of ether oxygens (including phenoxy) is 1. The molecule has 2 N–H and O–H groups in total. The van der Waals surface area contributed by atoms with Crippen LogP contribution in [0.25, 0.3) is 0 Å². The van der Waals surface area contributed by atoms with Crippen LogP contribution in [-0.2, 0) is 4.74 Å². The molecule has 6 heteroatoms. The molecule has 0 spiro atoms. The second-order valence-electron chi connectivity index (χ2n) is 7.20. The van der Waals surface area contributed by atoms with Crippen LogP contribution in [0.5, 0.6) is 0 Å². The van der Waals surface area contributed by atoms with Crippen molar-refractivity contribution >= 4 is 6.09 Å². The average Bonchev–Trinajstić information content (AvgIpc) is 2.63. The van der Waals surface area contributed by atoms with Gasteiger partial charge in [-0.15, -0.1) is 0 Å². The van der Waals surface area contributed by atoms with E-state index < -0.39 is 30.7 Å². The Kier molecular flexibility index (Phi) is 7.53. The molecule has 1 fully saturated rings. The number of rotatable bonds is 6. The van der Waals surface area contributed by atoms with Crippen LogP contribution in [0.3, 0.4) is 0 Å². The average molecular weight is 320 g/mol. The van der Waals surface area contributed by atoms with Crippen molar-refractivity contribution in [1.82, 2.24) is 10.6 Å². The largest absolute Gasteiger partial charge is 0.444 e. The van der Waals surface area contributed by atoms with Crippen molar-refractivity contribution in [3.05, 3.63) is 0 Å². The number of hydrogen-bond acceptors (Lipinski definition) is 3. The summed E-state index contributed by atoms with van der Waals surface area (Å²) < 4.78 is 32.4. The van der Waals surface area contributed by atoms with Crippen molar-refractivity contribution in [3.8, 4) is 0 Å². The number of nitrogens with one attached hydrogen (secondary N) is 2. The summed E-state index contributed by atoms with van der Waals surface area (Å²) in [5.41, 5.74) is -0.683. The third kappa shape index (κ3) is 9.18. The molecular formula is C16H30F2N2O2. The molecule has 0 aromatic rings. The fourth-order valence-electron chi connectivity index (χ4n) is 2.61. The van der Waals surface area contributed by atoms with Crippen molar-refractivity contribution < 1.29 is 18.3 Å². The minimum Gasteiger partial charge on any atom is -0.444 e. The monoisotopic (exact) mass is 320 g/mol. The number of alkyl carbamates (subject to hydrolysis) is 1. The van der Waals surface area contributed by atoms with Crippen LogP contribution in [0.2, 0.25) is 0 Å². The highest BCUT2D eigenvalue weighted by molar-refractivity contribution is 5.67. The molecule has 0 atom stereocenters. The van der Waals surface area contributed by atoms with Gasteiger partial charge in [0.15, 0.2) is 0 Å². The van der Waals surface area contributed by atoms with E-state index in [2.05, 4.69) is 10.6 Å². The lowest BCUT2D eigenvalue weighted by molar-refractivity contribution is -0.00415. The third-order valence-corrected chi connectivity index (χ3v) is 3.68. The Morgan fingerprint density at radius 1 is 1.09 bits per heavy atom. The van der Waals surface area contributed by atoms with Gasteiger partial charge in [-0.05, 0) is 46.1 Å². The Morgan fingerprint density at radius 3 is 2.23 bits per heavy atom. The molecule has 1 amide bonds. The molecule has 1 rings (SSSR count). The Balaban J connectivity index is 2.21. The maximum atomic E-state index is 13.7. The molecule has 130 valence electrons. The van der Waals surface area contributed by atoms with E-state index in [0.717, 1.165) is 12.8 Å². The van der Waals surface area contributed by atoms with E-state index in [9.17, 15) is 13.6 Å². The summed E-state index contributed by atoms with van der Waals surface area (Å²) in [6, 6.07) is 0. The maximum Gasteiger partial charge on any atom is 0.407 e. The molecule has 1 aliphatic carbocycles. The van der Waals surface area contributed by atoms with Crippen LogP contribution in [0.1, 0.15) is 59.3 Å². The summed E-state index contributed by atoms with van der Waals surface area (Å²) in [7, 11) is 0. The highest BCUT2D eigenvalue weighted by Crippen LogP contribution is 2.22. The number of carbonyl (C=O) groups is 1. The molecule has 0 saturated heterocycles. The lowest BCUT2D eigenvalue weighted by Crippen LogP contribution is -2.45. The molecule has 0 heterocycles. The minimum absolute atomic E-state index is 0.417. The van der Waals surface area contributed by atoms with Gasteiger partial charge in [-0.3, -0.25) is 0 Å². The fraction of sp³-hybridized carbons (Fsp3) is 0.938. The van der Waals surface area contributed by atoms with Gasteiger partial charge in [0.1, 0.15) is 5.60 Å². The predicted molar refractivity (Wildman–Crippen MR) is 83.2 cm³/mol. The lowest BCUT2D eigenvalue weighted by Gasteiger charge is -2.23. The summed E-state index contributed by atoms with van der Waals surface area (Å²) in [5, 5.41) is 4.98. The van der Waals surface area contributed by atoms with Crippen molar-refractivity contribution in [1.29, 1.82) is 0 Å². The van der Waals surface area contributed by atoms with Crippen molar-refractivity contribution in [3.63, 3.8) is 0 Å². The Morgan fingerprint density at radius 2 is 1.68 bits per heavy atom. The van der Waals surface area contributed by atoms with Crippen LogP contribution in [0, 0.1) is 5.92 Å². The Labute approximate surface area is 132 Å². The Hall–Kier alpha value is -0.910. The number of alkyl halides is 2. The zero-order valence-electron chi connectivity index (χ0n) is 14.0. The maximum absolute atomic E-state index is 13.7. The van der Waals surface area contributed by atoms with Crippen LogP contribution in [0.4, 0.5) is 13.6 Å². The molecular weight excluding hydrogens is 290 g/mol. The molecule has 0 aromatic carbocycles. The van der Waals surface area contributed by atoms with E-state index in [1.54, 1.807) is 20.8 Å². The highest BCUT2D eigenvalue weighted by atomic mass is 19.3. The summed E-state index contributed by atoms with van der Waals surface area (Å²) in [4.78, 5) is 11.4. The van der Waals surface area contributed by atoms with Crippen molar-refractivity contribution in [2.24, 2.45) is 5.92 Å². The molecule has 0 aromatic heterocycles. The van der Waals surface area contributed by atoms with Crippen LogP contribution >= 0.6 is 0 Å². The second kappa shape index (κ2) is 8.65. The summed E-state index contributed by atoms with van der Waals surface area (Å²) >= 11 is 0. The van der Waals surface area contributed by atoms with Gasteiger partial charge in [0, 0.05) is 0 Å². The second-order valence-corrected chi connectivity index (χ2v) is 7.20. The smallest absolute Gasteiger partial charge is 0.407 e. The topological polar surface area (TPSA) is 50.4 Å². The molecule has 1 aliphatic rings. The third-order valence-electron chi connectivity index (χ3n) is 3.68. The zero-order chi connectivity index (χ0) is 16.6. The van der Waals surface area contributed by atoms with E-state index in [1.165, 1.54) is 25.7 Å². The zero-order valence-corrected chi connectivity index (χ0v) is 14.0. The van der Waals surface area contributed by atoms with Crippen molar-refractivity contribution in [2.45, 2.75) is 70.8 Å². The normalized spacial score (nSPS) is 17.9. The first-order chi connectivity index (χ1) is 10.2. The fourth-order valence-corrected chi connectivity index (χ4v) is 2.61. The van der Waals surface area contributed by atoms with Gasteiger partial charge in [-0.25, -0.2) is 13.6 Å². The molecule has 22 heavy (non-hydrogen) atoms. The van der Waals surface area contributed by atoms with E-state index in [-0.39, 0.29) is 0 Å². The highest BCUT2D eigenvalue weighted by Gasteiger charge is 2.30. The molecule has 4 nitrogen and oxygen atoms in total. The lowest BCUT2D eigenvalue weighted by atomic mass is 10.0. The van der Waals surface area contributed by atoms with Gasteiger partial charge < -0.3 is 15.4 Å². The van der Waals surface area contributed by atoms with Crippen LogP contribution < -0.4 is 10.6 Å². The van der Waals surface area contributed by atoms with Gasteiger partial charge in [0.2, 0.25) is 0 Å². The quantitative estimate of drug-likeness (QED) is 0.734. The minimum atomic E-state index is -2.97. The summed E-state index contributed by atoms with van der Waals surface area (Å²) in [6.45, 7) is 4.58. The summed E-state index contributed by atoms with van der Waals surface area (Å²) in [5.74, 6) is -2.47. The van der Waals surface area contributed by atoms with E-state index in [1.807, 2.05) is 0 Å². The van der Waals surface area contributed by atoms with Crippen molar-refractivity contribution in [2.75, 3.05) is 19.6 Å². The van der Waals surface area contributed by atoms with Gasteiger partial charge in [0.25, 0.3) is 5.92 Å².